The molecular formula is C33H29NO10. The number of carboxylic acid groups (broad SMARTS) is 2. The first kappa shape index (κ1) is 28.7. The zero-order chi connectivity index (χ0) is 30.8. The smallest absolute Gasteiger partial charge is 0.497 e. The Hall–Kier alpha value is -5.45. The number of carbonyl (C=O) groups is 2. The molecule has 1 aromatic heterocycles. The SMILES string of the molecule is CCCOc1ccc2c(c1)C(c1ccc(OC)cc1Oc1cnccc1C(=O)O)C(OC(=O)O)C2c1ccc2c(c1)OCO2. The third-order valence-electron chi connectivity index (χ3n) is 7.64. The van der Waals surface area contributed by atoms with Crippen molar-refractivity contribution in [3.05, 3.63) is 101 Å². The number of nitrogens with zero attached hydrogens (tertiary/aromatic N) is 1. The Balaban J connectivity index is 1.54. The number of aromatic nitrogens is 1. The van der Waals surface area contributed by atoms with Crippen LogP contribution in [-0.2, 0) is 4.74 Å². The Morgan fingerprint density at radius 2 is 1.68 bits per heavy atom. The molecule has 0 saturated heterocycles. The van der Waals surface area contributed by atoms with Crippen LogP contribution in [0.25, 0.3) is 0 Å². The van der Waals surface area contributed by atoms with Gasteiger partial charge in [-0.05, 0) is 59.5 Å². The molecule has 3 unspecified atom stereocenters. The zero-order valence-electron chi connectivity index (χ0n) is 23.9. The van der Waals surface area contributed by atoms with Gasteiger partial charge in [0.15, 0.2) is 17.2 Å². The predicted octanol–water partition coefficient (Wildman–Crippen LogP) is 6.44. The van der Waals surface area contributed by atoms with E-state index in [2.05, 4.69) is 4.98 Å². The molecule has 3 atom stereocenters. The van der Waals surface area contributed by atoms with Crippen LogP contribution in [0.1, 0.15) is 57.8 Å². The van der Waals surface area contributed by atoms with Crippen LogP contribution in [0, 0.1) is 0 Å². The third-order valence-corrected chi connectivity index (χ3v) is 7.64. The van der Waals surface area contributed by atoms with Crippen molar-refractivity contribution in [3.8, 4) is 34.5 Å². The van der Waals surface area contributed by atoms with Gasteiger partial charge in [-0.2, -0.15) is 0 Å². The highest BCUT2D eigenvalue weighted by molar-refractivity contribution is 5.90. The van der Waals surface area contributed by atoms with Crippen molar-refractivity contribution >= 4 is 12.1 Å². The van der Waals surface area contributed by atoms with Crippen LogP contribution < -0.4 is 23.7 Å². The first-order valence-electron chi connectivity index (χ1n) is 14.0. The van der Waals surface area contributed by atoms with Crippen molar-refractivity contribution in [1.29, 1.82) is 0 Å². The number of carboxylic acids is 1. The van der Waals surface area contributed by atoms with E-state index in [9.17, 15) is 19.8 Å². The maximum atomic E-state index is 12.2. The lowest BCUT2D eigenvalue weighted by Crippen LogP contribution is -2.27. The van der Waals surface area contributed by atoms with Gasteiger partial charge in [0.2, 0.25) is 6.79 Å². The van der Waals surface area contributed by atoms with Crippen LogP contribution >= 0.6 is 0 Å². The quantitative estimate of drug-likeness (QED) is 0.194. The molecule has 44 heavy (non-hydrogen) atoms. The average molecular weight is 600 g/mol. The van der Waals surface area contributed by atoms with Gasteiger partial charge in [0.1, 0.15) is 28.9 Å². The lowest BCUT2D eigenvalue weighted by Gasteiger charge is -2.27. The number of hydrogen-bond acceptors (Lipinski definition) is 9. The van der Waals surface area contributed by atoms with Gasteiger partial charge in [-0.1, -0.05) is 25.1 Å². The molecule has 4 aromatic rings. The average Bonchev–Trinajstić information content (AvgIpc) is 3.61. The normalized spacial score (nSPS) is 17.9. The minimum Gasteiger partial charge on any atom is -0.497 e. The molecule has 2 N–H and O–H groups in total. The van der Waals surface area contributed by atoms with Gasteiger partial charge in [-0.25, -0.2) is 9.59 Å². The van der Waals surface area contributed by atoms with Gasteiger partial charge in [0.05, 0.1) is 25.8 Å². The third kappa shape index (κ3) is 5.39. The summed E-state index contributed by atoms with van der Waals surface area (Å²) in [5, 5.41) is 19.8. The highest BCUT2D eigenvalue weighted by Gasteiger charge is 2.47. The predicted molar refractivity (Wildman–Crippen MR) is 156 cm³/mol. The van der Waals surface area contributed by atoms with Crippen LogP contribution in [0.3, 0.4) is 0 Å². The van der Waals surface area contributed by atoms with Crippen LogP contribution in [0.4, 0.5) is 4.79 Å². The van der Waals surface area contributed by atoms with E-state index in [-0.39, 0.29) is 23.9 Å². The van der Waals surface area contributed by atoms with Crippen molar-refractivity contribution in [3.63, 3.8) is 0 Å². The van der Waals surface area contributed by atoms with Gasteiger partial charge in [-0.3, -0.25) is 4.98 Å². The van der Waals surface area contributed by atoms with Crippen molar-refractivity contribution in [2.75, 3.05) is 20.5 Å². The maximum Gasteiger partial charge on any atom is 0.506 e. The van der Waals surface area contributed by atoms with Gasteiger partial charge in [-0.15, -0.1) is 0 Å². The lowest BCUT2D eigenvalue weighted by atomic mass is 9.86. The molecule has 0 bridgehead atoms. The number of aromatic carboxylic acids is 1. The Labute approximate surface area is 252 Å². The van der Waals surface area contributed by atoms with E-state index in [1.54, 1.807) is 24.3 Å². The van der Waals surface area contributed by atoms with Crippen LogP contribution in [0.5, 0.6) is 34.5 Å². The number of fused-ring (bicyclic) bond motifs is 2. The topological polar surface area (TPSA) is 143 Å². The molecule has 2 aliphatic rings. The molecule has 0 amide bonds. The summed E-state index contributed by atoms with van der Waals surface area (Å²) in [5.74, 6) is 0.0619. The van der Waals surface area contributed by atoms with Crippen molar-refractivity contribution < 1.29 is 48.2 Å². The van der Waals surface area contributed by atoms with E-state index in [1.807, 2.05) is 37.3 Å². The van der Waals surface area contributed by atoms with Gasteiger partial charge in [0, 0.05) is 23.7 Å². The Kier molecular flexibility index (Phi) is 7.84. The van der Waals surface area contributed by atoms with Gasteiger partial charge >= 0.3 is 12.1 Å². The molecule has 1 aliphatic carbocycles. The van der Waals surface area contributed by atoms with E-state index in [1.165, 1.54) is 25.6 Å². The fourth-order valence-corrected chi connectivity index (χ4v) is 5.78. The molecule has 2 heterocycles. The number of ether oxygens (including phenoxy) is 6. The standard InChI is InChI=1S/C33H29NO10/c1-3-12-40-20-6-7-21-24(14-20)30(31(44-33(37)38)29(21)18-4-9-25-27(13-18)42-17-41-25)22-8-5-19(39-2)15-26(22)43-28-16-34-11-10-23(28)32(35)36/h4-11,13-16,29-31H,3,12,17H2,1-2H3,(H,35,36)(H,37,38). The number of benzene rings is 3. The second-order valence-corrected chi connectivity index (χ2v) is 10.2. The summed E-state index contributed by atoms with van der Waals surface area (Å²) in [4.78, 5) is 28.2. The van der Waals surface area contributed by atoms with Crippen LogP contribution in [0.15, 0.2) is 73.1 Å². The van der Waals surface area contributed by atoms with E-state index in [0.29, 0.717) is 35.2 Å². The zero-order valence-corrected chi connectivity index (χ0v) is 23.9. The fourth-order valence-electron chi connectivity index (χ4n) is 5.78. The van der Waals surface area contributed by atoms with Crippen molar-refractivity contribution in [2.45, 2.75) is 31.3 Å². The highest BCUT2D eigenvalue weighted by Crippen LogP contribution is 2.54. The maximum absolute atomic E-state index is 12.2. The summed E-state index contributed by atoms with van der Waals surface area (Å²) >= 11 is 0. The molecule has 0 fully saturated rings. The summed E-state index contributed by atoms with van der Waals surface area (Å²) in [6.45, 7) is 2.60. The molecule has 0 spiro atoms. The van der Waals surface area contributed by atoms with E-state index in [0.717, 1.165) is 23.1 Å². The van der Waals surface area contributed by atoms with Crippen LogP contribution in [0.2, 0.25) is 0 Å². The monoisotopic (exact) mass is 599 g/mol. The second-order valence-electron chi connectivity index (χ2n) is 10.2. The Morgan fingerprint density at radius 1 is 0.886 bits per heavy atom. The lowest BCUT2D eigenvalue weighted by molar-refractivity contribution is 0.0429. The summed E-state index contributed by atoms with van der Waals surface area (Å²) in [6.07, 6.45) is 1.08. The second kappa shape index (κ2) is 12.0. The highest BCUT2D eigenvalue weighted by atomic mass is 16.7. The number of hydrogen-bond donors (Lipinski definition) is 2. The summed E-state index contributed by atoms with van der Waals surface area (Å²) in [5.41, 5.74) is 2.83. The van der Waals surface area contributed by atoms with E-state index in [4.69, 9.17) is 28.4 Å². The number of methoxy groups -OCH3 is 1. The minimum absolute atomic E-state index is 0.00998. The van der Waals surface area contributed by atoms with Crippen LogP contribution in [-0.4, -0.2) is 53.9 Å². The van der Waals surface area contributed by atoms with Gasteiger partial charge in [0.25, 0.3) is 0 Å². The number of pyridine rings is 1. The molecule has 0 saturated carbocycles. The first-order valence-corrected chi connectivity index (χ1v) is 14.0. The largest absolute Gasteiger partial charge is 0.506 e. The molecule has 226 valence electrons. The fraction of sp³-hybridized carbons (Fsp3) is 0.242. The molecular weight excluding hydrogens is 570 g/mol. The molecule has 6 rings (SSSR count). The van der Waals surface area contributed by atoms with Crippen molar-refractivity contribution in [1.82, 2.24) is 4.98 Å². The molecule has 3 aromatic carbocycles. The first-order chi connectivity index (χ1) is 21.4. The summed E-state index contributed by atoms with van der Waals surface area (Å²) in [7, 11) is 1.50. The molecule has 0 radical (unpaired) electrons. The molecule has 1 aliphatic heterocycles. The Bertz CT molecular complexity index is 1720. The van der Waals surface area contributed by atoms with Gasteiger partial charge < -0.3 is 38.6 Å². The molecule has 11 heteroatoms. The minimum atomic E-state index is -1.45. The van der Waals surface area contributed by atoms with Crippen molar-refractivity contribution in [2.24, 2.45) is 0 Å². The summed E-state index contributed by atoms with van der Waals surface area (Å²) < 4.78 is 34.5. The molecule has 11 nitrogen and oxygen atoms in total. The summed E-state index contributed by atoms with van der Waals surface area (Å²) in [6, 6.07) is 17.6. The Morgan fingerprint density at radius 3 is 2.45 bits per heavy atom. The number of rotatable bonds is 10. The van der Waals surface area contributed by atoms with E-state index < -0.39 is 30.1 Å². The van der Waals surface area contributed by atoms with E-state index >= 15 is 0 Å².